The molecule has 104 valence electrons. The molecule has 0 saturated heterocycles. The third kappa shape index (κ3) is 3.54. The smallest absolute Gasteiger partial charge is 0.255 e. The molecule has 1 unspecified atom stereocenters. The zero-order chi connectivity index (χ0) is 14.0. The summed E-state index contributed by atoms with van der Waals surface area (Å²) in [5.41, 5.74) is 0.0729. The van der Waals surface area contributed by atoms with Gasteiger partial charge in [-0.1, -0.05) is 6.07 Å². The van der Waals surface area contributed by atoms with Gasteiger partial charge in [-0.2, -0.15) is 0 Å². The summed E-state index contributed by atoms with van der Waals surface area (Å²) in [6.07, 6.45) is 2.46. The van der Waals surface area contributed by atoms with E-state index in [1.165, 1.54) is 18.9 Å². The zero-order valence-electron chi connectivity index (χ0n) is 11.1. The van der Waals surface area contributed by atoms with Crippen molar-refractivity contribution in [2.24, 2.45) is 0 Å². The van der Waals surface area contributed by atoms with Gasteiger partial charge in [0.25, 0.3) is 5.91 Å². The number of hydrogen-bond acceptors (Lipinski definition) is 2. The maximum Gasteiger partial charge on any atom is 0.255 e. The van der Waals surface area contributed by atoms with Crippen LogP contribution in [0.2, 0.25) is 0 Å². The average Bonchev–Trinajstić information content (AvgIpc) is 3.19. The van der Waals surface area contributed by atoms with Crippen LogP contribution in [0, 0.1) is 5.82 Å². The Morgan fingerprint density at radius 1 is 1.58 bits per heavy atom. The van der Waals surface area contributed by atoms with Crippen molar-refractivity contribution in [3.63, 3.8) is 0 Å². The van der Waals surface area contributed by atoms with Crippen molar-refractivity contribution < 1.29 is 9.18 Å². The fourth-order valence-corrected chi connectivity index (χ4v) is 2.55. The lowest BCUT2D eigenvalue weighted by molar-refractivity contribution is 0.0934. The van der Waals surface area contributed by atoms with E-state index in [1.54, 1.807) is 12.1 Å². The van der Waals surface area contributed by atoms with Gasteiger partial charge in [0.1, 0.15) is 5.82 Å². The first-order chi connectivity index (χ1) is 9.00. The fraction of sp³-hybridized carbons (Fsp3) is 0.500. The number of hydrogen-bond donors (Lipinski definition) is 1. The van der Waals surface area contributed by atoms with Crippen LogP contribution in [0.3, 0.4) is 0 Å². The summed E-state index contributed by atoms with van der Waals surface area (Å²) >= 11 is 3.21. The van der Waals surface area contributed by atoms with Gasteiger partial charge in [0.2, 0.25) is 0 Å². The summed E-state index contributed by atoms with van der Waals surface area (Å²) in [6, 6.07) is 5.42. The number of carbonyl (C=O) groups excluding carboxylic acids is 1. The molecule has 1 N–H and O–H groups in total. The van der Waals surface area contributed by atoms with E-state index in [9.17, 15) is 9.18 Å². The summed E-state index contributed by atoms with van der Waals surface area (Å²) in [5, 5.41) is 2.79. The summed E-state index contributed by atoms with van der Waals surface area (Å²) in [6.45, 7) is 2.58. The Morgan fingerprint density at radius 3 is 2.84 bits per heavy atom. The molecule has 1 amide bonds. The average molecular weight is 329 g/mol. The summed E-state index contributed by atoms with van der Waals surface area (Å²) in [4.78, 5) is 14.3. The van der Waals surface area contributed by atoms with Gasteiger partial charge in [0.15, 0.2) is 0 Å². The van der Waals surface area contributed by atoms with Gasteiger partial charge in [-0.15, -0.1) is 0 Å². The minimum atomic E-state index is -0.505. The maximum atomic E-state index is 13.6. The van der Waals surface area contributed by atoms with E-state index in [4.69, 9.17) is 0 Å². The van der Waals surface area contributed by atoms with Crippen LogP contribution < -0.4 is 5.32 Å². The Labute approximate surface area is 121 Å². The molecule has 1 saturated carbocycles. The van der Waals surface area contributed by atoms with Crippen molar-refractivity contribution in [2.75, 3.05) is 13.6 Å². The second-order valence-corrected chi connectivity index (χ2v) is 5.91. The molecule has 1 aromatic carbocycles. The maximum absolute atomic E-state index is 13.6. The SMILES string of the molecule is CC(CNC(=O)c1c(F)cccc1Br)N(C)C1CC1. The number of carbonyl (C=O) groups is 1. The number of likely N-dealkylation sites (N-methyl/N-ethyl adjacent to an activating group) is 1. The Bertz CT molecular complexity index is 456. The molecule has 3 nitrogen and oxygen atoms in total. The Hall–Kier alpha value is -0.940. The highest BCUT2D eigenvalue weighted by molar-refractivity contribution is 9.10. The second-order valence-electron chi connectivity index (χ2n) is 5.05. The number of amides is 1. The summed E-state index contributed by atoms with van der Waals surface area (Å²) in [7, 11) is 2.06. The number of benzene rings is 1. The van der Waals surface area contributed by atoms with Crippen LogP contribution in [-0.2, 0) is 0 Å². The van der Waals surface area contributed by atoms with Gasteiger partial charge in [0.05, 0.1) is 5.56 Å². The van der Waals surface area contributed by atoms with Crippen molar-refractivity contribution >= 4 is 21.8 Å². The van der Waals surface area contributed by atoms with Crippen LogP contribution in [0.25, 0.3) is 0 Å². The number of halogens is 2. The fourth-order valence-electron chi connectivity index (χ4n) is 2.03. The van der Waals surface area contributed by atoms with Crippen molar-refractivity contribution in [3.05, 3.63) is 34.1 Å². The predicted octanol–water partition coefficient (Wildman–Crippen LogP) is 2.80. The molecule has 19 heavy (non-hydrogen) atoms. The van der Waals surface area contributed by atoms with Crippen molar-refractivity contribution in [1.82, 2.24) is 10.2 Å². The highest BCUT2D eigenvalue weighted by Crippen LogP contribution is 2.26. The zero-order valence-corrected chi connectivity index (χ0v) is 12.7. The van der Waals surface area contributed by atoms with Crippen LogP contribution in [0.15, 0.2) is 22.7 Å². The summed E-state index contributed by atoms with van der Waals surface area (Å²) < 4.78 is 14.1. The quantitative estimate of drug-likeness (QED) is 0.901. The third-order valence-electron chi connectivity index (χ3n) is 3.57. The highest BCUT2D eigenvalue weighted by atomic mass is 79.9. The van der Waals surface area contributed by atoms with Crippen LogP contribution >= 0.6 is 15.9 Å². The Kier molecular flexibility index (Phi) is 4.58. The van der Waals surface area contributed by atoms with E-state index in [-0.39, 0.29) is 17.5 Å². The second kappa shape index (κ2) is 6.01. The molecule has 0 spiro atoms. The number of nitrogens with one attached hydrogen (secondary N) is 1. The first kappa shape index (κ1) is 14.5. The van der Waals surface area contributed by atoms with Gasteiger partial charge in [-0.05, 0) is 54.9 Å². The first-order valence-electron chi connectivity index (χ1n) is 6.45. The van der Waals surface area contributed by atoms with E-state index in [1.807, 2.05) is 0 Å². The van der Waals surface area contributed by atoms with Crippen LogP contribution in [0.5, 0.6) is 0 Å². The molecule has 1 aliphatic rings. The number of rotatable bonds is 5. The molecule has 0 aromatic heterocycles. The lowest BCUT2D eigenvalue weighted by Gasteiger charge is -2.24. The lowest BCUT2D eigenvalue weighted by atomic mass is 10.2. The highest BCUT2D eigenvalue weighted by Gasteiger charge is 2.29. The van der Waals surface area contributed by atoms with E-state index in [0.29, 0.717) is 17.1 Å². The molecule has 5 heteroatoms. The molecular formula is C14H18BrFN2O. The van der Waals surface area contributed by atoms with Crippen molar-refractivity contribution in [3.8, 4) is 0 Å². The Balaban J connectivity index is 1.93. The van der Waals surface area contributed by atoms with Gasteiger partial charge < -0.3 is 5.32 Å². The molecule has 1 fully saturated rings. The minimum Gasteiger partial charge on any atom is -0.350 e. The largest absolute Gasteiger partial charge is 0.350 e. The molecule has 1 atom stereocenters. The number of nitrogens with zero attached hydrogens (tertiary/aromatic N) is 1. The van der Waals surface area contributed by atoms with Gasteiger partial charge in [0, 0.05) is 23.1 Å². The molecule has 0 aliphatic heterocycles. The van der Waals surface area contributed by atoms with Crippen LogP contribution in [0.1, 0.15) is 30.1 Å². The van der Waals surface area contributed by atoms with E-state index >= 15 is 0 Å². The van der Waals surface area contributed by atoms with E-state index in [2.05, 4.69) is 40.1 Å². The molecule has 1 aliphatic carbocycles. The van der Waals surface area contributed by atoms with Crippen LogP contribution in [0.4, 0.5) is 4.39 Å². The standard InChI is InChI=1S/C14H18BrFN2O/c1-9(18(2)10-6-7-10)8-17-14(19)13-11(15)4-3-5-12(13)16/h3-5,9-10H,6-8H2,1-2H3,(H,17,19). The van der Waals surface area contributed by atoms with Crippen molar-refractivity contribution in [2.45, 2.75) is 31.8 Å². The molecular weight excluding hydrogens is 311 g/mol. The molecule has 0 heterocycles. The molecule has 0 radical (unpaired) electrons. The lowest BCUT2D eigenvalue weighted by Crippen LogP contribution is -2.41. The van der Waals surface area contributed by atoms with Gasteiger partial charge in [-0.3, -0.25) is 9.69 Å². The summed E-state index contributed by atoms with van der Waals surface area (Å²) in [5.74, 6) is -0.879. The Morgan fingerprint density at radius 2 is 2.26 bits per heavy atom. The topological polar surface area (TPSA) is 32.3 Å². The monoisotopic (exact) mass is 328 g/mol. The van der Waals surface area contributed by atoms with Crippen LogP contribution in [-0.4, -0.2) is 36.5 Å². The first-order valence-corrected chi connectivity index (χ1v) is 7.24. The van der Waals surface area contributed by atoms with Crippen molar-refractivity contribution in [1.29, 1.82) is 0 Å². The van der Waals surface area contributed by atoms with Gasteiger partial charge in [-0.25, -0.2) is 4.39 Å². The van der Waals surface area contributed by atoms with E-state index < -0.39 is 5.82 Å². The molecule has 1 aromatic rings. The predicted molar refractivity (Wildman–Crippen MR) is 76.7 cm³/mol. The van der Waals surface area contributed by atoms with Gasteiger partial charge >= 0.3 is 0 Å². The molecule has 2 rings (SSSR count). The minimum absolute atomic E-state index is 0.0729. The normalized spacial score (nSPS) is 16.5. The van der Waals surface area contributed by atoms with E-state index in [0.717, 1.165) is 0 Å². The molecule has 0 bridgehead atoms. The third-order valence-corrected chi connectivity index (χ3v) is 4.23.